The first kappa shape index (κ1) is 25.1. The molecule has 1 fully saturated rings. The molecule has 10 nitrogen and oxygen atoms in total. The van der Waals surface area contributed by atoms with E-state index in [2.05, 4.69) is 26.9 Å². The van der Waals surface area contributed by atoms with Gasteiger partial charge in [-0.25, -0.2) is 9.97 Å². The molecule has 1 aromatic carbocycles. The van der Waals surface area contributed by atoms with Crippen LogP contribution in [0.1, 0.15) is 12.0 Å². The van der Waals surface area contributed by atoms with Gasteiger partial charge in [-0.1, -0.05) is 24.0 Å². The van der Waals surface area contributed by atoms with Crippen LogP contribution in [0, 0.1) is 11.8 Å². The quantitative estimate of drug-likeness (QED) is 0.354. The summed E-state index contributed by atoms with van der Waals surface area (Å²) in [7, 11) is 1.65. The van der Waals surface area contributed by atoms with Crippen LogP contribution in [-0.2, 0) is 11.3 Å². The maximum atomic E-state index is 12.2. The number of likely N-dealkylation sites (N-methyl/N-ethyl adjacent to an activating group) is 1. The third-order valence-corrected chi connectivity index (χ3v) is 5.98. The molecule has 0 bridgehead atoms. The number of aromatic nitrogens is 5. The largest absolute Gasteiger partial charge is 0.383 e. The molecule has 1 amide bonds. The third kappa shape index (κ3) is 4.59. The molecule has 184 valence electrons. The number of amides is 1. The molecule has 1 saturated heterocycles. The minimum absolute atomic E-state index is 0. The van der Waals surface area contributed by atoms with E-state index in [0.29, 0.717) is 53.3 Å². The number of carbonyl (C=O) groups excluding carboxylic acids is 1. The number of nitrogens with zero attached hydrogens (tertiary/aromatic N) is 6. The lowest BCUT2D eigenvalue weighted by Gasteiger charge is -2.13. The lowest BCUT2D eigenvalue weighted by Crippen LogP contribution is -2.37. The smallest absolute Gasteiger partial charge is 0.267 e. The van der Waals surface area contributed by atoms with Gasteiger partial charge < -0.3 is 21.5 Å². The monoisotopic (exact) mass is 504 g/mol. The third-order valence-electron chi connectivity index (χ3n) is 5.98. The molecule has 36 heavy (non-hydrogen) atoms. The summed E-state index contributed by atoms with van der Waals surface area (Å²) >= 11 is 0. The van der Waals surface area contributed by atoms with Crippen LogP contribution < -0.4 is 11.5 Å². The Morgan fingerprint density at radius 1 is 1.19 bits per heavy atom. The molecule has 3 aromatic heterocycles. The van der Waals surface area contributed by atoms with Crippen LogP contribution in [0.2, 0.25) is 0 Å². The number of fused-ring (bicyclic) bond motifs is 1. The SMILES string of the molecule is CN1CC[C@@](O)(C#Cc2cccc(-c3nc(N)c4c(-c5cnn(CCN)c5)cncc4n3)c2)C1=O.Cl. The van der Waals surface area contributed by atoms with Crippen LogP contribution in [0.4, 0.5) is 5.82 Å². The number of pyridine rings is 1. The van der Waals surface area contributed by atoms with Crippen molar-refractivity contribution in [1.82, 2.24) is 29.6 Å². The molecule has 0 aliphatic carbocycles. The van der Waals surface area contributed by atoms with Gasteiger partial charge >= 0.3 is 0 Å². The van der Waals surface area contributed by atoms with Crippen molar-refractivity contribution < 1.29 is 9.90 Å². The van der Waals surface area contributed by atoms with Crippen LogP contribution in [0.15, 0.2) is 49.1 Å². The lowest BCUT2D eigenvalue weighted by atomic mass is 10.0. The fourth-order valence-electron chi connectivity index (χ4n) is 4.10. The van der Waals surface area contributed by atoms with E-state index in [4.69, 9.17) is 16.5 Å². The molecule has 4 aromatic rings. The zero-order valence-electron chi connectivity index (χ0n) is 19.5. The maximum absolute atomic E-state index is 12.2. The highest BCUT2D eigenvalue weighted by Gasteiger charge is 2.42. The second kappa shape index (κ2) is 9.91. The van der Waals surface area contributed by atoms with E-state index in [1.54, 1.807) is 42.5 Å². The molecule has 1 aliphatic heterocycles. The number of hydrogen-bond donors (Lipinski definition) is 3. The van der Waals surface area contributed by atoms with Crippen molar-refractivity contribution in [1.29, 1.82) is 0 Å². The van der Waals surface area contributed by atoms with Gasteiger partial charge in [-0.15, -0.1) is 12.4 Å². The minimum Gasteiger partial charge on any atom is -0.383 e. The summed E-state index contributed by atoms with van der Waals surface area (Å²) < 4.78 is 1.76. The molecule has 1 aliphatic rings. The van der Waals surface area contributed by atoms with Gasteiger partial charge in [0.25, 0.3) is 5.91 Å². The van der Waals surface area contributed by atoms with Crippen LogP contribution in [0.25, 0.3) is 33.4 Å². The zero-order chi connectivity index (χ0) is 24.6. The van der Waals surface area contributed by atoms with Gasteiger partial charge in [-0.2, -0.15) is 5.10 Å². The van der Waals surface area contributed by atoms with Crippen LogP contribution in [-0.4, -0.2) is 66.4 Å². The molecule has 5 rings (SSSR count). The summed E-state index contributed by atoms with van der Waals surface area (Å²) in [4.78, 5) is 27.2. The highest BCUT2D eigenvalue weighted by atomic mass is 35.5. The summed E-state index contributed by atoms with van der Waals surface area (Å²) in [6.45, 7) is 1.56. The maximum Gasteiger partial charge on any atom is 0.267 e. The Morgan fingerprint density at radius 2 is 2.03 bits per heavy atom. The molecule has 0 spiro atoms. The van der Waals surface area contributed by atoms with Crippen LogP contribution in [0.5, 0.6) is 0 Å². The number of carbonyl (C=O) groups is 1. The fourth-order valence-corrected chi connectivity index (χ4v) is 4.10. The lowest BCUT2D eigenvalue weighted by molar-refractivity contribution is -0.137. The van der Waals surface area contributed by atoms with Gasteiger partial charge in [-0.3, -0.25) is 14.5 Å². The van der Waals surface area contributed by atoms with E-state index in [1.165, 1.54) is 4.90 Å². The normalized spacial score (nSPS) is 17.1. The molecule has 0 radical (unpaired) electrons. The zero-order valence-corrected chi connectivity index (χ0v) is 20.4. The Kier molecular flexibility index (Phi) is 6.90. The Morgan fingerprint density at radius 3 is 2.78 bits per heavy atom. The number of rotatable bonds is 4. The predicted octanol–water partition coefficient (Wildman–Crippen LogP) is 1.46. The number of aliphatic hydroxyl groups is 1. The second-order valence-corrected chi connectivity index (χ2v) is 8.46. The Balaban J connectivity index is 0.00000304. The van der Waals surface area contributed by atoms with Gasteiger partial charge in [0.15, 0.2) is 5.82 Å². The molecule has 0 saturated carbocycles. The van der Waals surface area contributed by atoms with Crippen molar-refractivity contribution >= 4 is 35.0 Å². The van der Waals surface area contributed by atoms with E-state index in [9.17, 15) is 9.90 Å². The first-order chi connectivity index (χ1) is 16.9. The average Bonchev–Trinajstić information content (AvgIpc) is 3.43. The Hall–Kier alpha value is -4.04. The highest BCUT2D eigenvalue weighted by Crippen LogP contribution is 2.31. The summed E-state index contributed by atoms with van der Waals surface area (Å²) in [5.74, 6) is 6.01. The van der Waals surface area contributed by atoms with E-state index in [1.807, 2.05) is 18.3 Å². The number of likely N-dealkylation sites (tertiary alicyclic amines) is 1. The first-order valence-electron chi connectivity index (χ1n) is 11.1. The Labute approximate surface area is 213 Å². The molecule has 5 N–H and O–H groups in total. The number of hydrogen-bond acceptors (Lipinski definition) is 8. The molecular weight excluding hydrogens is 480 g/mol. The summed E-state index contributed by atoms with van der Waals surface area (Å²) in [6, 6.07) is 7.26. The van der Waals surface area contributed by atoms with E-state index in [-0.39, 0.29) is 24.7 Å². The van der Waals surface area contributed by atoms with Gasteiger partial charge in [0.2, 0.25) is 5.60 Å². The summed E-state index contributed by atoms with van der Waals surface area (Å²) in [5, 5.41) is 15.6. The van der Waals surface area contributed by atoms with E-state index in [0.717, 1.165) is 11.1 Å². The molecule has 4 heterocycles. The molecular formula is C25H25ClN8O2. The Bertz CT molecular complexity index is 1510. The fraction of sp³-hybridized carbons (Fsp3) is 0.240. The van der Waals surface area contributed by atoms with Crippen LogP contribution in [0.3, 0.4) is 0 Å². The van der Waals surface area contributed by atoms with Crippen molar-refractivity contribution in [2.45, 2.75) is 18.6 Å². The van der Waals surface area contributed by atoms with Crippen molar-refractivity contribution in [2.75, 3.05) is 25.9 Å². The summed E-state index contributed by atoms with van der Waals surface area (Å²) in [6.07, 6.45) is 7.27. The number of nitrogen functional groups attached to an aromatic ring is 1. The summed E-state index contributed by atoms with van der Waals surface area (Å²) in [5.41, 5.74) is 13.9. The van der Waals surface area contributed by atoms with Crippen molar-refractivity contribution in [3.63, 3.8) is 0 Å². The number of halogens is 1. The standard InChI is InChI=1S/C25H24N8O2.ClH/c1-32-9-7-25(35,24(32)34)6-5-16-3-2-4-17(11-16)23-30-20-14-28-13-19(21(20)22(27)31-23)18-12-29-33(15-18)10-8-26;/h2-4,11-15,35H,7-10,26H2,1H3,(H2,27,30,31);1H/t25-;/m0./s1. The van der Waals surface area contributed by atoms with E-state index >= 15 is 0 Å². The molecule has 11 heteroatoms. The van der Waals surface area contributed by atoms with Crippen molar-refractivity contribution in [2.24, 2.45) is 5.73 Å². The first-order valence-corrected chi connectivity index (χ1v) is 11.1. The van der Waals surface area contributed by atoms with Gasteiger partial charge in [0.05, 0.1) is 29.8 Å². The second-order valence-electron chi connectivity index (χ2n) is 8.46. The predicted molar refractivity (Wildman–Crippen MR) is 139 cm³/mol. The van der Waals surface area contributed by atoms with E-state index < -0.39 is 5.60 Å². The van der Waals surface area contributed by atoms with Crippen molar-refractivity contribution in [3.05, 3.63) is 54.6 Å². The highest BCUT2D eigenvalue weighted by molar-refractivity contribution is 6.01. The number of nitrogens with two attached hydrogens (primary N) is 2. The van der Waals surface area contributed by atoms with Crippen molar-refractivity contribution in [3.8, 4) is 34.4 Å². The molecule has 0 unspecified atom stereocenters. The molecule has 1 atom stereocenters. The van der Waals surface area contributed by atoms with Gasteiger partial charge in [-0.05, 0) is 12.1 Å². The number of benzene rings is 1. The van der Waals surface area contributed by atoms with Gasteiger partial charge in [0, 0.05) is 61.2 Å². The number of anilines is 1. The topological polar surface area (TPSA) is 149 Å². The average molecular weight is 505 g/mol. The van der Waals surface area contributed by atoms with Gasteiger partial charge in [0.1, 0.15) is 5.82 Å². The minimum atomic E-state index is -1.66. The van der Waals surface area contributed by atoms with Crippen LogP contribution >= 0.6 is 12.4 Å².